The lowest BCUT2D eigenvalue weighted by Crippen LogP contribution is -2.17. The van der Waals surface area contributed by atoms with Crippen molar-refractivity contribution in [2.45, 2.75) is 107 Å². The van der Waals surface area contributed by atoms with Crippen molar-refractivity contribution in [3.63, 3.8) is 0 Å². The second-order valence-electron chi connectivity index (χ2n) is 10.6. The Balaban J connectivity index is 0.000000755. The van der Waals surface area contributed by atoms with Crippen molar-refractivity contribution in [1.29, 1.82) is 0 Å². The molecule has 0 radical (unpaired) electrons. The number of allylic oxidation sites excluding steroid dienone is 3. The number of carboxylic acids is 1. The van der Waals surface area contributed by atoms with E-state index in [4.69, 9.17) is 14.4 Å². The molecule has 2 aromatic rings. The van der Waals surface area contributed by atoms with E-state index in [-0.39, 0.29) is 5.82 Å². The molecule has 1 N–H and O–H groups in total. The first-order chi connectivity index (χ1) is 20.5. The molecule has 1 aliphatic heterocycles. The van der Waals surface area contributed by atoms with Gasteiger partial charge in [0.05, 0.1) is 8.15 Å². The fourth-order valence-corrected chi connectivity index (χ4v) is 6.90. The molecule has 4 nitrogen and oxygen atoms in total. The summed E-state index contributed by atoms with van der Waals surface area (Å²) in [6.45, 7) is 21.8. The molecule has 2 aromatic carbocycles. The summed E-state index contributed by atoms with van der Waals surface area (Å²) in [5.74, 6) is -0.322. The highest BCUT2D eigenvalue weighted by molar-refractivity contribution is 7.61. The highest BCUT2D eigenvalue weighted by atomic mass is 31.1. The normalized spacial score (nSPS) is 15.3. The molecule has 1 aliphatic rings. The van der Waals surface area contributed by atoms with Crippen LogP contribution in [0.3, 0.4) is 0 Å². The van der Waals surface area contributed by atoms with Crippen LogP contribution in [0.1, 0.15) is 104 Å². The lowest BCUT2D eigenvalue weighted by molar-refractivity contribution is -0.132. The third kappa shape index (κ3) is 15.3. The highest BCUT2D eigenvalue weighted by Crippen LogP contribution is 2.44. The number of carboxylic acid groups (broad SMARTS) is 1. The summed E-state index contributed by atoms with van der Waals surface area (Å²) < 4.78 is 24.1. The Morgan fingerprint density at radius 1 is 1.05 bits per heavy atom. The van der Waals surface area contributed by atoms with Gasteiger partial charge in [-0.05, 0) is 94.2 Å². The van der Waals surface area contributed by atoms with Crippen LogP contribution >= 0.6 is 8.15 Å². The Labute approximate surface area is 263 Å². The van der Waals surface area contributed by atoms with E-state index in [9.17, 15) is 9.18 Å². The molecule has 0 saturated carbocycles. The molecule has 1 fully saturated rings. The van der Waals surface area contributed by atoms with Gasteiger partial charge >= 0.3 is 5.97 Å². The van der Waals surface area contributed by atoms with E-state index < -0.39 is 14.1 Å². The van der Waals surface area contributed by atoms with E-state index in [2.05, 4.69) is 39.0 Å². The third-order valence-corrected chi connectivity index (χ3v) is 9.84. The van der Waals surface area contributed by atoms with E-state index in [0.717, 1.165) is 30.3 Å². The van der Waals surface area contributed by atoms with Gasteiger partial charge in [-0.1, -0.05) is 89.4 Å². The molecule has 0 aromatic heterocycles. The Hall–Kier alpha value is -2.33. The SMILES string of the molecule is C/C(=C\C(C)=C(/C)C(=O)O)c1ccc(F)cc1.CC.CC.COP(c1ccc(C)cc1C)C(C)CCCC1CCOCC1. The van der Waals surface area contributed by atoms with E-state index in [1.165, 1.54) is 60.7 Å². The van der Waals surface area contributed by atoms with E-state index in [1.807, 2.05) is 41.7 Å². The molecule has 6 heteroatoms. The molecule has 2 atom stereocenters. The zero-order chi connectivity index (χ0) is 32.9. The van der Waals surface area contributed by atoms with Gasteiger partial charge < -0.3 is 14.4 Å². The smallest absolute Gasteiger partial charge is 0.331 e. The Morgan fingerprint density at radius 3 is 2.14 bits per heavy atom. The molecule has 242 valence electrons. The van der Waals surface area contributed by atoms with Crippen LogP contribution in [0, 0.1) is 25.6 Å². The molecule has 0 amide bonds. The second kappa shape index (κ2) is 23.1. The van der Waals surface area contributed by atoms with Crippen LogP contribution in [0.15, 0.2) is 59.7 Å². The summed E-state index contributed by atoms with van der Waals surface area (Å²) in [5.41, 5.74) is 6.13. The molecule has 0 bridgehead atoms. The molecule has 0 spiro atoms. The topological polar surface area (TPSA) is 55.8 Å². The maximum absolute atomic E-state index is 12.7. The zero-order valence-electron chi connectivity index (χ0n) is 28.7. The van der Waals surface area contributed by atoms with Crippen molar-refractivity contribution in [2.75, 3.05) is 20.3 Å². The molecule has 43 heavy (non-hydrogen) atoms. The third-order valence-electron chi connectivity index (χ3n) is 7.41. The van der Waals surface area contributed by atoms with Crippen molar-refractivity contribution < 1.29 is 23.6 Å². The van der Waals surface area contributed by atoms with Crippen LogP contribution in [0.25, 0.3) is 5.57 Å². The Kier molecular flexibility index (Phi) is 21.9. The van der Waals surface area contributed by atoms with E-state index in [0.29, 0.717) is 16.8 Å². The van der Waals surface area contributed by atoms with Gasteiger partial charge in [-0.25, -0.2) is 9.18 Å². The number of hydrogen-bond acceptors (Lipinski definition) is 3. The number of rotatable bonds is 10. The summed E-state index contributed by atoms with van der Waals surface area (Å²) in [7, 11) is 1.37. The quantitative estimate of drug-likeness (QED) is 0.164. The van der Waals surface area contributed by atoms with Gasteiger partial charge in [0.15, 0.2) is 0 Å². The maximum Gasteiger partial charge on any atom is 0.331 e. The number of ether oxygens (including phenoxy) is 1. The summed E-state index contributed by atoms with van der Waals surface area (Å²) in [6, 6.07) is 12.9. The number of benzene rings is 2. The molecule has 1 heterocycles. The summed E-state index contributed by atoms with van der Waals surface area (Å²) in [5, 5.41) is 10.3. The molecule has 3 rings (SSSR count). The van der Waals surface area contributed by atoms with Gasteiger partial charge in [0, 0.05) is 36.9 Å². The van der Waals surface area contributed by atoms with Gasteiger partial charge in [0.25, 0.3) is 0 Å². The first kappa shape index (κ1) is 40.7. The number of aliphatic carboxylic acids is 1. The minimum absolute atomic E-state index is 0.282. The predicted octanol–water partition coefficient (Wildman–Crippen LogP) is 10.7. The standard InChI is InChI=1S/C19H31O2P.C14H15FO2.2C2H6/c1-15-8-9-19(16(2)14-15)22(20-4)17(3)6-5-7-18-10-12-21-13-11-18;1-9(11(3)14(16)17)8-10(2)12-4-6-13(15)7-5-12;2*1-2/h8-9,14,17-18H,5-7,10-13H2,1-4H3;4-8H,1-3H3,(H,16,17);2*1-2H3/b;10-8+,11-9+;;. The largest absolute Gasteiger partial charge is 0.478 e. The minimum atomic E-state index is -0.925. The summed E-state index contributed by atoms with van der Waals surface area (Å²) in [4.78, 5) is 10.8. The lowest BCUT2D eigenvalue weighted by Gasteiger charge is -2.26. The molecular formula is C37H58FO4P. The summed E-state index contributed by atoms with van der Waals surface area (Å²) >= 11 is 0. The average Bonchev–Trinajstić information content (AvgIpc) is 3.01. The molecule has 2 unspecified atom stereocenters. The van der Waals surface area contributed by atoms with Gasteiger partial charge in [-0.2, -0.15) is 0 Å². The first-order valence-corrected chi connectivity index (χ1v) is 17.2. The van der Waals surface area contributed by atoms with Crippen LogP contribution in [-0.2, 0) is 14.1 Å². The van der Waals surface area contributed by atoms with Crippen LogP contribution in [0.2, 0.25) is 0 Å². The number of aryl methyl sites for hydroxylation is 2. The van der Waals surface area contributed by atoms with Gasteiger partial charge in [-0.3, -0.25) is 0 Å². The predicted molar refractivity (Wildman–Crippen MR) is 185 cm³/mol. The first-order valence-electron chi connectivity index (χ1n) is 15.9. The van der Waals surface area contributed by atoms with Crippen molar-refractivity contribution in [3.8, 4) is 0 Å². The Morgan fingerprint density at radius 2 is 1.63 bits per heavy atom. The van der Waals surface area contributed by atoms with Crippen LogP contribution in [0.5, 0.6) is 0 Å². The van der Waals surface area contributed by atoms with Crippen LogP contribution in [-0.4, -0.2) is 37.1 Å². The van der Waals surface area contributed by atoms with Crippen molar-refractivity contribution in [1.82, 2.24) is 0 Å². The van der Waals surface area contributed by atoms with Crippen LogP contribution in [0.4, 0.5) is 4.39 Å². The number of hydrogen-bond donors (Lipinski definition) is 1. The zero-order valence-corrected chi connectivity index (χ0v) is 29.6. The van der Waals surface area contributed by atoms with Gasteiger partial charge in [0.1, 0.15) is 5.82 Å². The van der Waals surface area contributed by atoms with E-state index in [1.54, 1.807) is 32.1 Å². The van der Waals surface area contributed by atoms with Crippen molar-refractivity contribution in [3.05, 3.63) is 82.2 Å². The van der Waals surface area contributed by atoms with E-state index >= 15 is 0 Å². The average molecular weight is 617 g/mol. The molecular weight excluding hydrogens is 558 g/mol. The van der Waals surface area contributed by atoms with Crippen LogP contribution < -0.4 is 5.30 Å². The molecule has 0 aliphatic carbocycles. The number of carbonyl (C=O) groups is 1. The monoisotopic (exact) mass is 616 g/mol. The lowest BCUT2D eigenvalue weighted by atomic mass is 9.94. The summed E-state index contributed by atoms with van der Waals surface area (Å²) in [6.07, 6.45) is 8.24. The fraction of sp³-hybridized carbons (Fsp3) is 0.541. The number of halogens is 1. The molecule has 1 saturated heterocycles. The van der Waals surface area contributed by atoms with Crippen molar-refractivity contribution in [2.24, 2.45) is 5.92 Å². The maximum atomic E-state index is 12.7. The highest BCUT2D eigenvalue weighted by Gasteiger charge is 2.21. The fourth-order valence-electron chi connectivity index (χ4n) is 4.82. The minimum Gasteiger partial charge on any atom is -0.478 e. The van der Waals surface area contributed by atoms with Crippen molar-refractivity contribution >= 4 is 25.0 Å². The van der Waals surface area contributed by atoms with Gasteiger partial charge in [0.2, 0.25) is 0 Å². The Bertz CT molecular complexity index is 1120. The van der Waals surface area contributed by atoms with Gasteiger partial charge in [-0.15, -0.1) is 0 Å². The second-order valence-corrected chi connectivity index (χ2v) is 13.0.